The van der Waals surface area contributed by atoms with Crippen LogP contribution >= 0.6 is 15.9 Å². The molecule has 0 radical (unpaired) electrons. The van der Waals surface area contributed by atoms with Crippen LogP contribution < -0.4 is 10.6 Å². The standard InChI is InChI=1S/C8H10BrN3O/c1-2-12(8(10)13)7-4-3-6(9)5-11-7/h3-5H,2H2,1H3,(H2,10,13). The van der Waals surface area contributed by atoms with Crippen LogP contribution in [-0.4, -0.2) is 17.6 Å². The van der Waals surface area contributed by atoms with Gasteiger partial charge in [-0.05, 0) is 35.0 Å². The minimum Gasteiger partial charge on any atom is -0.351 e. The molecule has 1 aromatic heterocycles. The number of hydrogen-bond donors (Lipinski definition) is 1. The normalized spacial score (nSPS) is 9.69. The van der Waals surface area contributed by atoms with Crippen LogP contribution in [-0.2, 0) is 0 Å². The molecule has 0 aliphatic rings. The summed E-state index contributed by atoms with van der Waals surface area (Å²) in [6.45, 7) is 2.36. The van der Waals surface area contributed by atoms with Crippen molar-refractivity contribution in [3.8, 4) is 0 Å². The van der Waals surface area contributed by atoms with Crippen molar-refractivity contribution >= 4 is 27.8 Å². The van der Waals surface area contributed by atoms with E-state index in [0.717, 1.165) is 4.47 Å². The summed E-state index contributed by atoms with van der Waals surface area (Å²) in [6.07, 6.45) is 1.63. The predicted octanol–water partition coefficient (Wildman–Crippen LogP) is 1.75. The van der Waals surface area contributed by atoms with E-state index >= 15 is 0 Å². The number of pyridine rings is 1. The van der Waals surface area contributed by atoms with Crippen LogP contribution in [0.15, 0.2) is 22.8 Å². The third-order valence-corrected chi connectivity index (χ3v) is 2.04. The van der Waals surface area contributed by atoms with Gasteiger partial charge in [0.05, 0.1) is 0 Å². The third kappa shape index (κ3) is 2.42. The number of hydrogen-bond acceptors (Lipinski definition) is 2. The highest BCUT2D eigenvalue weighted by molar-refractivity contribution is 9.10. The average Bonchev–Trinajstić information content (AvgIpc) is 2.09. The molecule has 5 heteroatoms. The number of primary amides is 1. The summed E-state index contributed by atoms with van der Waals surface area (Å²) in [7, 11) is 0. The second kappa shape index (κ2) is 4.23. The monoisotopic (exact) mass is 243 g/mol. The summed E-state index contributed by atoms with van der Waals surface area (Å²) in [6, 6.07) is 3.06. The Hall–Kier alpha value is -1.10. The molecule has 0 unspecified atom stereocenters. The number of nitrogens with zero attached hydrogens (tertiary/aromatic N) is 2. The van der Waals surface area contributed by atoms with Gasteiger partial charge in [-0.25, -0.2) is 9.78 Å². The van der Waals surface area contributed by atoms with Gasteiger partial charge >= 0.3 is 6.03 Å². The smallest absolute Gasteiger partial charge is 0.320 e. The molecule has 0 atom stereocenters. The molecule has 70 valence electrons. The summed E-state index contributed by atoms with van der Waals surface area (Å²) < 4.78 is 0.872. The maximum absolute atomic E-state index is 10.9. The molecular formula is C8H10BrN3O. The summed E-state index contributed by atoms with van der Waals surface area (Å²) in [5.74, 6) is 0.568. The van der Waals surface area contributed by atoms with Gasteiger partial charge in [-0.3, -0.25) is 4.90 Å². The molecular weight excluding hydrogens is 234 g/mol. The minimum absolute atomic E-state index is 0.489. The predicted molar refractivity (Wildman–Crippen MR) is 54.5 cm³/mol. The first kappa shape index (κ1) is 9.98. The Labute approximate surface area is 84.9 Å². The fourth-order valence-electron chi connectivity index (χ4n) is 0.958. The van der Waals surface area contributed by atoms with E-state index < -0.39 is 6.03 Å². The van der Waals surface area contributed by atoms with Crippen LogP contribution in [0, 0.1) is 0 Å². The Morgan fingerprint density at radius 1 is 1.69 bits per heavy atom. The van der Waals surface area contributed by atoms with Crippen LogP contribution in [0.4, 0.5) is 10.6 Å². The molecule has 1 aromatic rings. The van der Waals surface area contributed by atoms with Crippen molar-refractivity contribution in [1.29, 1.82) is 0 Å². The van der Waals surface area contributed by atoms with Gasteiger partial charge in [0, 0.05) is 17.2 Å². The summed E-state index contributed by atoms with van der Waals surface area (Å²) in [4.78, 5) is 16.4. The highest BCUT2D eigenvalue weighted by Gasteiger charge is 2.09. The fraction of sp³-hybridized carbons (Fsp3) is 0.250. The number of nitrogens with two attached hydrogens (primary N) is 1. The lowest BCUT2D eigenvalue weighted by atomic mass is 10.4. The zero-order chi connectivity index (χ0) is 9.84. The average molecular weight is 244 g/mol. The lowest BCUT2D eigenvalue weighted by Gasteiger charge is -2.16. The first-order valence-electron chi connectivity index (χ1n) is 3.83. The van der Waals surface area contributed by atoms with E-state index in [1.54, 1.807) is 12.3 Å². The number of urea groups is 1. The molecule has 0 saturated heterocycles. The number of amides is 2. The van der Waals surface area contributed by atoms with Gasteiger partial charge in [0.2, 0.25) is 0 Å². The van der Waals surface area contributed by atoms with Crippen LogP contribution in [0.1, 0.15) is 6.92 Å². The molecule has 0 saturated carbocycles. The molecule has 2 amide bonds. The molecule has 1 heterocycles. The van der Waals surface area contributed by atoms with Crippen LogP contribution in [0.5, 0.6) is 0 Å². The zero-order valence-corrected chi connectivity index (χ0v) is 8.78. The number of rotatable bonds is 2. The topological polar surface area (TPSA) is 59.2 Å². The van der Waals surface area contributed by atoms with Crippen molar-refractivity contribution in [1.82, 2.24) is 4.98 Å². The number of halogens is 1. The molecule has 2 N–H and O–H groups in total. The number of carbonyl (C=O) groups is 1. The first-order valence-corrected chi connectivity index (χ1v) is 4.63. The van der Waals surface area contributed by atoms with E-state index in [9.17, 15) is 4.79 Å². The van der Waals surface area contributed by atoms with Crippen LogP contribution in [0.2, 0.25) is 0 Å². The summed E-state index contributed by atoms with van der Waals surface area (Å²) >= 11 is 3.26. The Balaban J connectivity index is 2.92. The molecule has 13 heavy (non-hydrogen) atoms. The van der Waals surface area contributed by atoms with E-state index in [1.807, 2.05) is 13.0 Å². The summed E-state index contributed by atoms with van der Waals surface area (Å²) in [5, 5.41) is 0. The number of aromatic nitrogens is 1. The molecule has 0 aliphatic carbocycles. The Kier molecular flexibility index (Phi) is 3.25. The van der Waals surface area contributed by atoms with Gasteiger partial charge in [-0.1, -0.05) is 0 Å². The van der Waals surface area contributed by atoms with Gasteiger partial charge in [-0.2, -0.15) is 0 Å². The van der Waals surface area contributed by atoms with Crippen molar-refractivity contribution < 1.29 is 4.79 Å². The van der Waals surface area contributed by atoms with E-state index in [2.05, 4.69) is 20.9 Å². The second-order valence-corrected chi connectivity index (χ2v) is 3.33. The fourth-order valence-corrected chi connectivity index (χ4v) is 1.19. The van der Waals surface area contributed by atoms with E-state index in [4.69, 9.17) is 5.73 Å². The van der Waals surface area contributed by atoms with E-state index in [-0.39, 0.29) is 0 Å². The van der Waals surface area contributed by atoms with Crippen molar-refractivity contribution in [2.75, 3.05) is 11.4 Å². The molecule has 0 spiro atoms. The highest BCUT2D eigenvalue weighted by atomic mass is 79.9. The van der Waals surface area contributed by atoms with Crippen LogP contribution in [0.3, 0.4) is 0 Å². The highest BCUT2D eigenvalue weighted by Crippen LogP contribution is 2.13. The lowest BCUT2D eigenvalue weighted by molar-refractivity contribution is 0.254. The van der Waals surface area contributed by atoms with Crippen molar-refractivity contribution in [2.24, 2.45) is 5.73 Å². The second-order valence-electron chi connectivity index (χ2n) is 2.42. The quantitative estimate of drug-likeness (QED) is 0.861. The van der Waals surface area contributed by atoms with E-state index in [1.165, 1.54) is 4.90 Å². The Morgan fingerprint density at radius 3 is 2.77 bits per heavy atom. The SMILES string of the molecule is CCN(C(N)=O)c1ccc(Br)cn1. The summed E-state index contributed by atoms with van der Waals surface area (Å²) in [5.41, 5.74) is 5.15. The minimum atomic E-state index is -0.489. The third-order valence-electron chi connectivity index (χ3n) is 1.57. The van der Waals surface area contributed by atoms with Crippen molar-refractivity contribution in [3.63, 3.8) is 0 Å². The maximum atomic E-state index is 10.9. The maximum Gasteiger partial charge on any atom is 0.320 e. The molecule has 4 nitrogen and oxygen atoms in total. The zero-order valence-electron chi connectivity index (χ0n) is 7.20. The van der Waals surface area contributed by atoms with Crippen molar-refractivity contribution in [3.05, 3.63) is 22.8 Å². The Bertz CT molecular complexity index is 299. The molecule has 1 rings (SSSR count). The Morgan fingerprint density at radius 2 is 2.38 bits per heavy atom. The first-order chi connectivity index (χ1) is 6.15. The van der Waals surface area contributed by atoms with Crippen molar-refractivity contribution in [2.45, 2.75) is 6.92 Å². The van der Waals surface area contributed by atoms with Gasteiger partial charge < -0.3 is 5.73 Å². The molecule has 0 fully saturated rings. The van der Waals surface area contributed by atoms with E-state index in [0.29, 0.717) is 12.4 Å². The number of carbonyl (C=O) groups excluding carboxylic acids is 1. The largest absolute Gasteiger partial charge is 0.351 e. The van der Waals surface area contributed by atoms with Gasteiger partial charge in [0.1, 0.15) is 5.82 Å². The molecule has 0 aromatic carbocycles. The van der Waals surface area contributed by atoms with Crippen LogP contribution in [0.25, 0.3) is 0 Å². The number of anilines is 1. The van der Waals surface area contributed by atoms with Gasteiger partial charge in [-0.15, -0.1) is 0 Å². The van der Waals surface area contributed by atoms with Gasteiger partial charge in [0.25, 0.3) is 0 Å². The lowest BCUT2D eigenvalue weighted by Crippen LogP contribution is -2.35. The van der Waals surface area contributed by atoms with Gasteiger partial charge in [0.15, 0.2) is 0 Å². The molecule has 0 aliphatic heterocycles. The molecule has 0 bridgehead atoms.